The van der Waals surface area contributed by atoms with Crippen LogP contribution in [0, 0.1) is 0 Å². The zero-order valence-electron chi connectivity index (χ0n) is 11.5. The minimum Gasteiger partial charge on any atom is -0.367 e. The van der Waals surface area contributed by atoms with Gasteiger partial charge in [0.2, 0.25) is 0 Å². The molecule has 0 atom stereocenters. The molecular weight excluding hydrogens is 226 g/mol. The number of hydrogen-bond donors (Lipinski definition) is 1. The molecule has 0 saturated carbocycles. The minimum absolute atomic E-state index is 0.561. The van der Waals surface area contributed by atoms with E-state index in [9.17, 15) is 0 Å². The average molecular weight is 247 g/mol. The Labute approximate surface area is 108 Å². The molecule has 18 heavy (non-hydrogen) atoms. The van der Waals surface area contributed by atoms with Crippen LogP contribution in [0.15, 0.2) is 18.6 Å². The lowest BCUT2D eigenvalue weighted by atomic mass is 10.3. The molecule has 1 N–H and O–H groups in total. The highest BCUT2D eigenvalue weighted by Crippen LogP contribution is 2.17. The van der Waals surface area contributed by atoms with Gasteiger partial charge < -0.3 is 14.8 Å². The van der Waals surface area contributed by atoms with Gasteiger partial charge in [-0.2, -0.15) is 0 Å². The van der Waals surface area contributed by atoms with Gasteiger partial charge in [-0.25, -0.2) is 9.97 Å². The molecule has 0 fully saturated rings. The van der Waals surface area contributed by atoms with Crippen molar-refractivity contribution in [2.75, 3.05) is 25.5 Å². The van der Waals surface area contributed by atoms with Crippen LogP contribution in [-0.2, 0) is 7.05 Å². The van der Waals surface area contributed by atoms with E-state index < -0.39 is 0 Å². The molecule has 2 rings (SSSR count). The highest BCUT2D eigenvalue weighted by atomic mass is 15.1. The number of fused-ring (bicyclic) bond motifs is 1. The molecule has 2 heterocycles. The molecule has 0 aliphatic heterocycles. The van der Waals surface area contributed by atoms with Gasteiger partial charge in [-0.3, -0.25) is 0 Å². The Kier molecular flexibility index (Phi) is 3.81. The van der Waals surface area contributed by atoms with E-state index in [1.165, 1.54) is 0 Å². The summed E-state index contributed by atoms with van der Waals surface area (Å²) in [5.74, 6) is 0.866. The summed E-state index contributed by atoms with van der Waals surface area (Å²) in [5, 5.41) is 3.36. The molecule has 0 spiro atoms. The number of nitrogens with one attached hydrogen (secondary N) is 1. The van der Waals surface area contributed by atoms with Crippen molar-refractivity contribution in [3.8, 4) is 0 Å². The molecule has 98 valence electrons. The molecular formula is C13H21N5. The summed E-state index contributed by atoms with van der Waals surface area (Å²) in [6, 6.07) is 2.54. The molecule has 5 nitrogen and oxygen atoms in total. The number of imidazole rings is 1. The summed E-state index contributed by atoms with van der Waals surface area (Å²) in [6.07, 6.45) is 3.64. The van der Waals surface area contributed by atoms with Crippen molar-refractivity contribution in [1.82, 2.24) is 19.4 Å². The van der Waals surface area contributed by atoms with Crippen molar-refractivity contribution in [1.29, 1.82) is 0 Å². The summed E-state index contributed by atoms with van der Waals surface area (Å²) < 4.78 is 2.00. The SMILES string of the molecule is CC(C)N(C)CCNc1nccc2c1ncn2C. The van der Waals surface area contributed by atoms with Crippen molar-refractivity contribution >= 4 is 16.9 Å². The normalized spacial score (nSPS) is 11.7. The zero-order valence-corrected chi connectivity index (χ0v) is 11.5. The number of hydrogen-bond acceptors (Lipinski definition) is 4. The monoisotopic (exact) mass is 247 g/mol. The van der Waals surface area contributed by atoms with Crippen LogP contribution in [0.4, 0.5) is 5.82 Å². The first-order chi connectivity index (χ1) is 8.59. The maximum absolute atomic E-state index is 4.38. The fourth-order valence-electron chi connectivity index (χ4n) is 1.80. The molecule has 0 unspecified atom stereocenters. The van der Waals surface area contributed by atoms with E-state index in [4.69, 9.17) is 0 Å². The Morgan fingerprint density at radius 1 is 1.39 bits per heavy atom. The summed E-state index contributed by atoms with van der Waals surface area (Å²) >= 11 is 0. The highest BCUT2D eigenvalue weighted by molar-refractivity contribution is 5.85. The van der Waals surface area contributed by atoms with Gasteiger partial charge in [0.15, 0.2) is 5.82 Å². The molecule has 2 aromatic rings. The Morgan fingerprint density at radius 2 is 2.17 bits per heavy atom. The lowest BCUT2D eigenvalue weighted by Gasteiger charge is -2.21. The molecule has 0 radical (unpaired) electrons. The Balaban J connectivity index is 2.04. The Morgan fingerprint density at radius 3 is 2.89 bits per heavy atom. The first kappa shape index (κ1) is 12.8. The van der Waals surface area contributed by atoms with Crippen LogP contribution in [0.25, 0.3) is 11.0 Å². The van der Waals surface area contributed by atoms with E-state index in [1.54, 1.807) is 0 Å². The average Bonchev–Trinajstić information content (AvgIpc) is 2.72. The van der Waals surface area contributed by atoms with Gasteiger partial charge in [0, 0.05) is 32.4 Å². The van der Waals surface area contributed by atoms with E-state index in [1.807, 2.05) is 30.2 Å². The fourth-order valence-corrected chi connectivity index (χ4v) is 1.80. The van der Waals surface area contributed by atoms with Crippen LogP contribution in [0.2, 0.25) is 0 Å². The largest absolute Gasteiger partial charge is 0.367 e. The number of nitrogens with zero attached hydrogens (tertiary/aromatic N) is 4. The van der Waals surface area contributed by atoms with Gasteiger partial charge in [0.05, 0.1) is 11.8 Å². The first-order valence-electron chi connectivity index (χ1n) is 6.29. The zero-order chi connectivity index (χ0) is 13.1. The molecule has 2 aromatic heterocycles. The van der Waals surface area contributed by atoms with E-state index in [0.29, 0.717) is 6.04 Å². The third-order valence-electron chi connectivity index (χ3n) is 3.28. The quantitative estimate of drug-likeness (QED) is 0.874. The van der Waals surface area contributed by atoms with Gasteiger partial charge in [-0.05, 0) is 27.0 Å². The maximum Gasteiger partial charge on any atom is 0.154 e. The molecule has 0 bridgehead atoms. The summed E-state index contributed by atoms with van der Waals surface area (Å²) in [7, 11) is 4.12. The number of aryl methyl sites for hydroxylation is 1. The first-order valence-corrected chi connectivity index (χ1v) is 6.29. The summed E-state index contributed by atoms with van der Waals surface area (Å²) in [4.78, 5) is 11.0. The summed E-state index contributed by atoms with van der Waals surface area (Å²) in [5.41, 5.74) is 2.04. The van der Waals surface area contributed by atoms with Crippen LogP contribution in [0.1, 0.15) is 13.8 Å². The number of pyridine rings is 1. The second kappa shape index (κ2) is 5.35. The molecule has 0 amide bonds. The van der Waals surface area contributed by atoms with Crippen molar-refractivity contribution < 1.29 is 0 Å². The van der Waals surface area contributed by atoms with E-state index >= 15 is 0 Å². The second-order valence-electron chi connectivity index (χ2n) is 4.88. The van der Waals surface area contributed by atoms with Gasteiger partial charge >= 0.3 is 0 Å². The molecule has 0 saturated heterocycles. The smallest absolute Gasteiger partial charge is 0.154 e. The van der Waals surface area contributed by atoms with Crippen molar-refractivity contribution in [3.05, 3.63) is 18.6 Å². The third-order valence-corrected chi connectivity index (χ3v) is 3.28. The van der Waals surface area contributed by atoms with Crippen LogP contribution in [-0.4, -0.2) is 45.6 Å². The fraction of sp³-hybridized carbons (Fsp3) is 0.538. The third kappa shape index (κ3) is 2.61. The lowest BCUT2D eigenvalue weighted by Crippen LogP contribution is -2.31. The lowest BCUT2D eigenvalue weighted by molar-refractivity contribution is 0.284. The van der Waals surface area contributed by atoms with Gasteiger partial charge in [-0.15, -0.1) is 0 Å². The topological polar surface area (TPSA) is 46.0 Å². The van der Waals surface area contributed by atoms with Crippen LogP contribution >= 0.6 is 0 Å². The maximum atomic E-state index is 4.38. The second-order valence-corrected chi connectivity index (χ2v) is 4.88. The van der Waals surface area contributed by atoms with Crippen molar-refractivity contribution in [2.24, 2.45) is 7.05 Å². The van der Waals surface area contributed by atoms with Crippen molar-refractivity contribution in [2.45, 2.75) is 19.9 Å². The number of likely N-dealkylation sites (N-methyl/N-ethyl adjacent to an activating group) is 1. The Bertz CT molecular complexity index is 517. The predicted octanol–water partition coefficient (Wildman–Crippen LogP) is 1.72. The van der Waals surface area contributed by atoms with E-state index in [-0.39, 0.29) is 0 Å². The van der Waals surface area contributed by atoms with Crippen molar-refractivity contribution in [3.63, 3.8) is 0 Å². The number of rotatable bonds is 5. The standard InChI is InChI=1S/C13H21N5/c1-10(2)17(3)8-7-15-13-12-11(5-6-14-13)18(4)9-16-12/h5-6,9-10H,7-8H2,1-4H3,(H,14,15). The molecule has 0 aliphatic rings. The minimum atomic E-state index is 0.561. The van der Waals surface area contributed by atoms with Crippen LogP contribution < -0.4 is 5.32 Å². The number of anilines is 1. The Hall–Kier alpha value is -1.62. The summed E-state index contributed by atoms with van der Waals surface area (Å²) in [6.45, 7) is 6.25. The van der Waals surface area contributed by atoms with Crippen LogP contribution in [0.3, 0.4) is 0 Å². The van der Waals surface area contributed by atoms with Gasteiger partial charge in [0.25, 0.3) is 0 Å². The van der Waals surface area contributed by atoms with Gasteiger partial charge in [-0.1, -0.05) is 0 Å². The highest BCUT2D eigenvalue weighted by Gasteiger charge is 2.07. The van der Waals surface area contributed by atoms with E-state index in [0.717, 1.165) is 29.9 Å². The molecule has 0 aliphatic carbocycles. The van der Waals surface area contributed by atoms with Crippen LogP contribution in [0.5, 0.6) is 0 Å². The molecule has 0 aromatic carbocycles. The number of aromatic nitrogens is 3. The predicted molar refractivity (Wildman–Crippen MR) is 74.8 cm³/mol. The van der Waals surface area contributed by atoms with Gasteiger partial charge in [0.1, 0.15) is 5.52 Å². The van der Waals surface area contributed by atoms with E-state index in [2.05, 4.69) is 41.1 Å². The molecule has 5 heteroatoms.